The summed E-state index contributed by atoms with van der Waals surface area (Å²) in [5, 5.41) is 17.0. The summed E-state index contributed by atoms with van der Waals surface area (Å²) < 4.78 is 1.65. The predicted octanol–water partition coefficient (Wildman–Crippen LogP) is 1.49. The number of nitrogens with zero attached hydrogens (tertiary/aromatic N) is 3. The van der Waals surface area contributed by atoms with E-state index in [4.69, 9.17) is 5.11 Å². The fraction of sp³-hybridized carbons (Fsp3) is 0.300. The minimum Gasteiger partial charge on any atom is -0.478 e. The molecule has 0 unspecified atom stereocenters. The van der Waals surface area contributed by atoms with Crippen molar-refractivity contribution in [3.05, 3.63) is 23.8 Å². The highest BCUT2D eigenvalue weighted by Gasteiger charge is 2.13. The van der Waals surface area contributed by atoms with E-state index < -0.39 is 5.97 Å². The van der Waals surface area contributed by atoms with Crippen molar-refractivity contribution in [3.63, 3.8) is 0 Å². The van der Waals surface area contributed by atoms with E-state index in [1.54, 1.807) is 34.6 Å². The summed E-state index contributed by atoms with van der Waals surface area (Å²) in [6.45, 7) is 0.669. The molecule has 0 bridgehead atoms. The number of carboxylic acid groups (broad SMARTS) is 1. The maximum absolute atomic E-state index is 11.1. The Kier molecular flexibility index (Phi) is 3.09. The summed E-state index contributed by atoms with van der Waals surface area (Å²) in [5.74, 6) is -0.0647. The molecule has 0 aliphatic heterocycles. The van der Waals surface area contributed by atoms with Crippen LogP contribution in [0.5, 0.6) is 0 Å². The fourth-order valence-electron chi connectivity index (χ4n) is 1.54. The highest BCUT2D eigenvalue weighted by molar-refractivity contribution is 7.98. The third-order valence-electron chi connectivity index (χ3n) is 2.27. The van der Waals surface area contributed by atoms with Crippen LogP contribution in [0.4, 0.5) is 0 Å². The first-order valence-corrected chi connectivity index (χ1v) is 6.18. The number of hydrogen-bond acceptors (Lipinski definition) is 4. The van der Waals surface area contributed by atoms with Crippen LogP contribution in [0.3, 0.4) is 0 Å². The number of aryl methyl sites for hydroxylation is 1. The zero-order valence-corrected chi connectivity index (χ0v) is 9.57. The number of aromatic carboxylic acids is 1. The van der Waals surface area contributed by atoms with Crippen molar-refractivity contribution in [1.29, 1.82) is 0 Å². The largest absolute Gasteiger partial charge is 0.478 e. The van der Waals surface area contributed by atoms with Crippen LogP contribution in [-0.4, -0.2) is 38.1 Å². The second kappa shape index (κ2) is 4.52. The molecule has 2 rings (SSSR count). The van der Waals surface area contributed by atoms with Crippen molar-refractivity contribution >= 4 is 28.8 Å². The van der Waals surface area contributed by atoms with Gasteiger partial charge >= 0.3 is 5.97 Å². The van der Waals surface area contributed by atoms with E-state index in [1.807, 2.05) is 6.26 Å². The topological polar surface area (TPSA) is 68.0 Å². The first kappa shape index (κ1) is 10.9. The van der Waals surface area contributed by atoms with E-state index in [9.17, 15) is 4.79 Å². The predicted molar refractivity (Wildman–Crippen MR) is 62.9 cm³/mol. The summed E-state index contributed by atoms with van der Waals surface area (Å²) in [6, 6.07) is 5.02. The Morgan fingerprint density at radius 2 is 2.38 bits per heavy atom. The standard InChI is InChI=1S/C10H11N3O2S/c1-16-6-5-13-9-7(10(14)15)3-2-4-8(9)11-12-13/h2-4H,5-6H2,1H3,(H,14,15). The van der Waals surface area contributed by atoms with Crippen LogP contribution < -0.4 is 0 Å². The molecule has 5 nitrogen and oxygen atoms in total. The van der Waals surface area contributed by atoms with Gasteiger partial charge in [-0.1, -0.05) is 11.3 Å². The molecule has 6 heteroatoms. The average molecular weight is 237 g/mol. The van der Waals surface area contributed by atoms with E-state index in [1.165, 1.54) is 0 Å². The van der Waals surface area contributed by atoms with Crippen LogP contribution in [-0.2, 0) is 6.54 Å². The third kappa shape index (κ3) is 1.88. The minimum absolute atomic E-state index is 0.253. The molecule has 0 aliphatic carbocycles. The van der Waals surface area contributed by atoms with Gasteiger partial charge in [-0.25, -0.2) is 9.48 Å². The second-order valence-electron chi connectivity index (χ2n) is 3.28. The smallest absolute Gasteiger partial charge is 0.337 e. The number of hydrogen-bond donors (Lipinski definition) is 1. The number of carbonyl (C=O) groups is 1. The Morgan fingerprint density at radius 1 is 1.56 bits per heavy atom. The lowest BCUT2D eigenvalue weighted by molar-refractivity contribution is 0.0698. The van der Waals surface area contributed by atoms with Gasteiger partial charge in [0.25, 0.3) is 0 Å². The molecule has 2 aromatic rings. The van der Waals surface area contributed by atoms with Gasteiger partial charge in [0.1, 0.15) is 11.0 Å². The van der Waals surface area contributed by atoms with Gasteiger partial charge in [-0.05, 0) is 18.4 Å². The van der Waals surface area contributed by atoms with Crippen molar-refractivity contribution in [3.8, 4) is 0 Å². The quantitative estimate of drug-likeness (QED) is 0.872. The number of aromatic nitrogens is 3. The van der Waals surface area contributed by atoms with Gasteiger partial charge in [0.15, 0.2) is 0 Å². The van der Waals surface area contributed by atoms with Gasteiger partial charge in [-0.3, -0.25) is 0 Å². The zero-order chi connectivity index (χ0) is 11.5. The van der Waals surface area contributed by atoms with Crippen molar-refractivity contribution < 1.29 is 9.90 Å². The number of para-hydroxylation sites is 1. The molecule has 1 aromatic heterocycles. The zero-order valence-electron chi connectivity index (χ0n) is 8.75. The monoisotopic (exact) mass is 237 g/mol. The molecule has 84 valence electrons. The Hall–Kier alpha value is -1.56. The molecule has 1 N–H and O–H groups in total. The first-order valence-electron chi connectivity index (χ1n) is 4.78. The minimum atomic E-state index is -0.946. The normalized spacial score (nSPS) is 10.8. The van der Waals surface area contributed by atoms with Gasteiger partial charge < -0.3 is 5.11 Å². The van der Waals surface area contributed by atoms with Crippen LogP contribution in [0.2, 0.25) is 0 Å². The lowest BCUT2D eigenvalue weighted by Gasteiger charge is -2.02. The van der Waals surface area contributed by atoms with E-state index >= 15 is 0 Å². The fourth-order valence-corrected chi connectivity index (χ4v) is 1.89. The average Bonchev–Trinajstić information content (AvgIpc) is 2.69. The molecule has 1 aromatic carbocycles. The maximum Gasteiger partial charge on any atom is 0.337 e. The van der Waals surface area contributed by atoms with E-state index in [0.717, 1.165) is 5.75 Å². The molecule has 0 aliphatic rings. The highest BCUT2D eigenvalue weighted by Crippen LogP contribution is 2.16. The van der Waals surface area contributed by atoms with Crippen LogP contribution in [0.1, 0.15) is 10.4 Å². The Bertz CT molecular complexity index is 524. The summed E-state index contributed by atoms with van der Waals surface area (Å²) >= 11 is 1.69. The molecular weight excluding hydrogens is 226 g/mol. The summed E-state index contributed by atoms with van der Waals surface area (Å²) in [7, 11) is 0. The van der Waals surface area contributed by atoms with Crippen LogP contribution in [0, 0.1) is 0 Å². The molecule has 0 saturated carbocycles. The lowest BCUT2D eigenvalue weighted by Crippen LogP contribution is -2.06. The third-order valence-corrected chi connectivity index (χ3v) is 2.86. The lowest BCUT2D eigenvalue weighted by atomic mass is 10.2. The molecule has 0 amide bonds. The number of carboxylic acids is 1. The van der Waals surface area contributed by atoms with Crippen LogP contribution in [0.25, 0.3) is 11.0 Å². The molecule has 0 atom stereocenters. The SMILES string of the molecule is CSCCn1nnc2cccc(C(=O)O)c21. The summed E-state index contributed by atoms with van der Waals surface area (Å²) in [4.78, 5) is 11.1. The first-order chi connectivity index (χ1) is 7.74. The van der Waals surface area contributed by atoms with Crippen LogP contribution >= 0.6 is 11.8 Å². The Balaban J connectivity index is 2.54. The molecule has 0 saturated heterocycles. The number of benzene rings is 1. The van der Waals surface area contributed by atoms with Gasteiger partial charge in [0, 0.05) is 5.75 Å². The molecule has 0 spiro atoms. The van der Waals surface area contributed by atoms with E-state index in [-0.39, 0.29) is 5.56 Å². The van der Waals surface area contributed by atoms with Crippen molar-refractivity contribution in [1.82, 2.24) is 15.0 Å². The number of fused-ring (bicyclic) bond motifs is 1. The molecule has 16 heavy (non-hydrogen) atoms. The summed E-state index contributed by atoms with van der Waals surface area (Å²) in [6.07, 6.45) is 2.00. The maximum atomic E-state index is 11.1. The molecule has 1 heterocycles. The van der Waals surface area contributed by atoms with E-state index in [0.29, 0.717) is 17.6 Å². The van der Waals surface area contributed by atoms with Gasteiger partial charge in [0.05, 0.1) is 12.1 Å². The van der Waals surface area contributed by atoms with Crippen molar-refractivity contribution in [2.45, 2.75) is 6.54 Å². The number of thioether (sulfide) groups is 1. The van der Waals surface area contributed by atoms with Crippen molar-refractivity contribution in [2.24, 2.45) is 0 Å². The van der Waals surface area contributed by atoms with Gasteiger partial charge in [0.2, 0.25) is 0 Å². The summed E-state index contributed by atoms with van der Waals surface area (Å²) in [5.41, 5.74) is 1.48. The Labute approximate surface area is 96.4 Å². The molecule has 0 radical (unpaired) electrons. The van der Waals surface area contributed by atoms with Crippen molar-refractivity contribution in [2.75, 3.05) is 12.0 Å². The Morgan fingerprint density at radius 3 is 3.06 bits per heavy atom. The highest BCUT2D eigenvalue weighted by atomic mass is 32.2. The van der Waals surface area contributed by atoms with Gasteiger partial charge in [-0.15, -0.1) is 5.10 Å². The van der Waals surface area contributed by atoms with Gasteiger partial charge in [-0.2, -0.15) is 11.8 Å². The molecular formula is C10H11N3O2S. The molecule has 0 fully saturated rings. The van der Waals surface area contributed by atoms with E-state index in [2.05, 4.69) is 10.3 Å². The number of rotatable bonds is 4. The second-order valence-corrected chi connectivity index (χ2v) is 4.27. The van der Waals surface area contributed by atoms with Crippen LogP contribution in [0.15, 0.2) is 18.2 Å².